The van der Waals surface area contributed by atoms with E-state index in [1.165, 1.54) is 12.0 Å². The Balaban J connectivity index is 1.18. The van der Waals surface area contributed by atoms with Crippen LogP contribution in [-0.2, 0) is 24.1 Å². The number of methoxy groups -OCH3 is 2. The van der Waals surface area contributed by atoms with Crippen molar-refractivity contribution >= 4 is 28.3 Å². The normalized spacial score (nSPS) is 17.4. The summed E-state index contributed by atoms with van der Waals surface area (Å²) in [6, 6.07) is 12.8. The average molecular weight is 537 g/mol. The molecule has 0 spiro atoms. The molecule has 2 amide bonds. The quantitative estimate of drug-likeness (QED) is 0.454. The summed E-state index contributed by atoms with van der Waals surface area (Å²) in [5.41, 5.74) is 2.89. The summed E-state index contributed by atoms with van der Waals surface area (Å²) in [5, 5.41) is 6.50. The van der Waals surface area contributed by atoms with Crippen LogP contribution >= 0.6 is 11.3 Å². The molecule has 0 radical (unpaired) electrons. The number of anilines is 1. The number of hydrogen-bond acceptors (Lipinski definition) is 8. The van der Waals surface area contributed by atoms with Crippen molar-refractivity contribution in [2.75, 3.05) is 45.8 Å². The second kappa shape index (κ2) is 11.9. The van der Waals surface area contributed by atoms with Crippen molar-refractivity contribution in [3.8, 4) is 11.5 Å². The number of fused-ring (bicyclic) bond motifs is 1. The molecule has 0 bridgehead atoms. The molecule has 1 unspecified atom stereocenters. The third kappa shape index (κ3) is 5.98. The van der Waals surface area contributed by atoms with Gasteiger partial charge in [-0.15, -0.1) is 11.3 Å². The molecule has 10 heteroatoms. The summed E-state index contributed by atoms with van der Waals surface area (Å²) >= 11 is 1.57. The first-order chi connectivity index (χ1) is 18.5. The minimum Gasteiger partial charge on any atom is -0.493 e. The number of nitrogens with zero attached hydrogens (tertiary/aromatic N) is 2. The Morgan fingerprint density at radius 3 is 2.63 bits per heavy atom. The molecule has 1 aromatic heterocycles. The Kier molecular flexibility index (Phi) is 8.21. The lowest BCUT2D eigenvalue weighted by atomic mass is 9.96. The van der Waals surface area contributed by atoms with Crippen molar-refractivity contribution in [1.29, 1.82) is 0 Å². The second-order valence-corrected chi connectivity index (χ2v) is 10.4. The summed E-state index contributed by atoms with van der Waals surface area (Å²) in [6.07, 6.45) is 2.98. The predicted octanol–water partition coefficient (Wildman–Crippen LogP) is 3.53. The maximum Gasteiger partial charge on any atom is 0.257 e. The van der Waals surface area contributed by atoms with Gasteiger partial charge in [-0.05, 0) is 55.2 Å². The van der Waals surface area contributed by atoms with Crippen molar-refractivity contribution in [2.24, 2.45) is 0 Å². The molecule has 2 heterocycles. The number of morpholine rings is 1. The monoisotopic (exact) mass is 536 g/mol. The molecule has 0 saturated carbocycles. The number of ether oxygens (including phenoxy) is 3. The number of amides is 2. The van der Waals surface area contributed by atoms with Crippen LogP contribution in [0.2, 0.25) is 0 Å². The van der Waals surface area contributed by atoms with Gasteiger partial charge < -0.3 is 19.5 Å². The Bertz CT molecular complexity index is 1300. The summed E-state index contributed by atoms with van der Waals surface area (Å²) in [7, 11) is 3.07. The molecule has 2 aliphatic rings. The SMILES string of the molecule is COc1ccc(C(=O)NCc2cccc(C(=O)Nc3nc4c(s3)CC(N3CCOCC3)CC4)c2)cc1OC. The lowest BCUT2D eigenvalue weighted by Gasteiger charge is -2.36. The van der Waals surface area contributed by atoms with E-state index in [2.05, 4.69) is 15.5 Å². The van der Waals surface area contributed by atoms with E-state index in [4.69, 9.17) is 19.2 Å². The summed E-state index contributed by atoms with van der Waals surface area (Å²) in [6.45, 7) is 3.84. The summed E-state index contributed by atoms with van der Waals surface area (Å²) in [5.74, 6) is 0.582. The van der Waals surface area contributed by atoms with Crippen molar-refractivity contribution in [3.63, 3.8) is 0 Å². The van der Waals surface area contributed by atoms with E-state index in [0.717, 1.165) is 56.8 Å². The van der Waals surface area contributed by atoms with Gasteiger partial charge in [-0.2, -0.15) is 0 Å². The van der Waals surface area contributed by atoms with Crippen LogP contribution in [0, 0.1) is 0 Å². The third-order valence-corrected chi connectivity index (χ3v) is 8.02. The summed E-state index contributed by atoms with van der Waals surface area (Å²) < 4.78 is 16.0. The zero-order chi connectivity index (χ0) is 26.5. The van der Waals surface area contributed by atoms with Crippen LogP contribution in [0.5, 0.6) is 11.5 Å². The second-order valence-electron chi connectivity index (χ2n) is 9.34. The highest BCUT2D eigenvalue weighted by Crippen LogP contribution is 2.32. The van der Waals surface area contributed by atoms with Gasteiger partial charge in [-0.25, -0.2) is 4.98 Å². The van der Waals surface area contributed by atoms with Crippen LogP contribution in [0.25, 0.3) is 0 Å². The minimum atomic E-state index is -0.246. The molecule has 200 valence electrons. The van der Waals surface area contributed by atoms with Crippen LogP contribution in [0.3, 0.4) is 0 Å². The number of hydrogen-bond donors (Lipinski definition) is 2. The number of benzene rings is 2. The van der Waals surface area contributed by atoms with Crippen molar-refractivity contribution < 1.29 is 23.8 Å². The van der Waals surface area contributed by atoms with Crippen molar-refractivity contribution in [3.05, 3.63) is 69.7 Å². The van der Waals surface area contributed by atoms with Gasteiger partial charge in [0.25, 0.3) is 11.8 Å². The number of nitrogens with one attached hydrogen (secondary N) is 2. The molecule has 1 aliphatic heterocycles. The zero-order valence-electron chi connectivity index (χ0n) is 21.6. The molecule has 9 nitrogen and oxygen atoms in total. The molecule has 1 aliphatic carbocycles. The number of aryl methyl sites for hydroxylation is 1. The van der Waals surface area contributed by atoms with Crippen LogP contribution in [0.4, 0.5) is 5.13 Å². The smallest absolute Gasteiger partial charge is 0.257 e. The van der Waals surface area contributed by atoms with Crippen molar-refractivity contribution in [2.45, 2.75) is 31.8 Å². The number of aromatic nitrogens is 1. The lowest BCUT2D eigenvalue weighted by Crippen LogP contribution is -2.45. The molecule has 3 aromatic rings. The molecule has 1 atom stereocenters. The van der Waals surface area contributed by atoms with Crippen LogP contribution in [0.15, 0.2) is 42.5 Å². The highest BCUT2D eigenvalue weighted by atomic mass is 32.1. The van der Waals surface area contributed by atoms with Gasteiger partial charge in [-0.3, -0.25) is 19.8 Å². The molecule has 2 N–H and O–H groups in total. The van der Waals surface area contributed by atoms with E-state index in [1.54, 1.807) is 48.8 Å². The molecule has 1 saturated heterocycles. The molecule has 5 rings (SSSR count). The van der Waals surface area contributed by atoms with Gasteiger partial charge >= 0.3 is 0 Å². The van der Waals surface area contributed by atoms with Crippen LogP contribution in [-0.4, -0.2) is 68.3 Å². The van der Waals surface area contributed by atoms with Gasteiger partial charge in [0.2, 0.25) is 0 Å². The van der Waals surface area contributed by atoms with Gasteiger partial charge in [0.15, 0.2) is 16.6 Å². The lowest BCUT2D eigenvalue weighted by molar-refractivity contribution is 0.0139. The Labute approximate surface area is 226 Å². The van der Waals surface area contributed by atoms with Crippen LogP contribution in [0.1, 0.15) is 43.3 Å². The maximum atomic E-state index is 13.0. The van der Waals surface area contributed by atoms with E-state index in [1.807, 2.05) is 12.1 Å². The first kappa shape index (κ1) is 26.1. The Morgan fingerprint density at radius 2 is 1.84 bits per heavy atom. The fourth-order valence-electron chi connectivity index (χ4n) is 4.92. The standard InChI is InChI=1S/C28H32N4O5S/c1-35-23-9-6-20(15-24(23)36-2)26(33)29-17-18-4-3-5-19(14-18)27(34)31-28-30-22-8-7-21(16-25(22)38-28)32-10-12-37-13-11-32/h3-6,9,14-15,21H,7-8,10-13,16-17H2,1-2H3,(H,29,33)(H,30,31,34). The Morgan fingerprint density at radius 1 is 1.05 bits per heavy atom. The largest absolute Gasteiger partial charge is 0.493 e. The first-order valence-electron chi connectivity index (χ1n) is 12.7. The van der Waals surface area contributed by atoms with E-state index < -0.39 is 0 Å². The fourth-order valence-corrected chi connectivity index (χ4v) is 5.99. The number of carbonyl (C=O) groups excluding carboxylic acids is 2. The molecule has 38 heavy (non-hydrogen) atoms. The topological polar surface area (TPSA) is 102 Å². The molecule has 2 aromatic carbocycles. The van der Waals surface area contributed by atoms with Gasteiger partial charge in [0.05, 0.1) is 33.1 Å². The van der Waals surface area contributed by atoms with E-state index in [0.29, 0.717) is 33.8 Å². The van der Waals surface area contributed by atoms with Crippen molar-refractivity contribution in [1.82, 2.24) is 15.2 Å². The maximum absolute atomic E-state index is 13.0. The average Bonchev–Trinajstić information content (AvgIpc) is 3.37. The Hall–Kier alpha value is -3.47. The van der Waals surface area contributed by atoms with Gasteiger partial charge in [0, 0.05) is 41.7 Å². The number of thiazole rings is 1. The first-order valence-corrected chi connectivity index (χ1v) is 13.6. The highest BCUT2D eigenvalue weighted by Gasteiger charge is 2.28. The van der Waals surface area contributed by atoms with E-state index in [9.17, 15) is 9.59 Å². The van der Waals surface area contributed by atoms with E-state index >= 15 is 0 Å². The molecular weight excluding hydrogens is 504 g/mol. The highest BCUT2D eigenvalue weighted by molar-refractivity contribution is 7.15. The number of rotatable bonds is 8. The third-order valence-electron chi connectivity index (χ3n) is 6.98. The summed E-state index contributed by atoms with van der Waals surface area (Å²) in [4.78, 5) is 34.1. The fraction of sp³-hybridized carbons (Fsp3) is 0.393. The zero-order valence-corrected chi connectivity index (χ0v) is 22.4. The number of carbonyl (C=O) groups is 2. The van der Waals surface area contributed by atoms with Gasteiger partial charge in [0.1, 0.15) is 0 Å². The minimum absolute atomic E-state index is 0.214. The molecule has 1 fully saturated rings. The van der Waals surface area contributed by atoms with Gasteiger partial charge in [-0.1, -0.05) is 12.1 Å². The predicted molar refractivity (Wildman–Crippen MR) is 145 cm³/mol. The van der Waals surface area contributed by atoms with Crippen LogP contribution < -0.4 is 20.1 Å². The van der Waals surface area contributed by atoms with E-state index in [-0.39, 0.29) is 18.4 Å². The molecular formula is C28H32N4O5S.